The first kappa shape index (κ1) is 9.85. The van der Waals surface area contributed by atoms with Gasteiger partial charge in [0.15, 0.2) is 0 Å². The van der Waals surface area contributed by atoms with E-state index in [1.165, 1.54) is 5.69 Å². The average Bonchev–Trinajstić information content (AvgIpc) is 2.18. The summed E-state index contributed by atoms with van der Waals surface area (Å²) in [7, 11) is 2.08. The van der Waals surface area contributed by atoms with Crippen LogP contribution < -0.4 is 4.90 Å². The van der Waals surface area contributed by atoms with Gasteiger partial charge in [0.25, 0.3) is 0 Å². The number of hydrogen-bond donors (Lipinski definition) is 0. The molecule has 0 unspecified atom stereocenters. The van der Waals surface area contributed by atoms with Crippen molar-refractivity contribution in [2.45, 2.75) is 19.4 Å². The molecule has 70 valence electrons. The molecule has 0 aliphatic rings. The number of anilines is 1. The third-order valence-electron chi connectivity index (χ3n) is 2.51. The highest BCUT2D eigenvalue weighted by molar-refractivity contribution is 5.48. The van der Waals surface area contributed by atoms with Crippen LogP contribution in [0.5, 0.6) is 0 Å². The van der Waals surface area contributed by atoms with Crippen molar-refractivity contribution in [2.24, 2.45) is 0 Å². The van der Waals surface area contributed by atoms with E-state index in [1.54, 1.807) is 0 Å². The molecule has 1 nitrogen and oxygen atoms in total. The number of nitrogens with zero attached hydrogens (tertiary/aromatic N) is 1. The SMILES string of the molecule is C=CC(C)(C)N(C)c1ccccc1. The summed E-state index contributed by atoms with van der Waals surface area (Å²) >= 11 is 0. The third kappa shape index (κ3) is 2.11. The second-order valence-electron chi connectivity index (χ2n) is 3.75. The summed E-state index contributed by atoms with van der Waals surface area (Å²) in [5.41, 5.74) is 1.22. The molecule has 0 aromatic heterocycles. The molecule has 0 aliphatic heterocycles. The Morgan fingerprint density at radius 2 is 1.77 bits per heavy atom. The Morgan fingerprint density at radius 3 is 2.23 bits per heavy atom. The summed E-state index contributed by atoms with van der Waals surface area (Å²) in [5, 5.41) is 0. The van der Waals surface area contributed by atoms with Crippen LogP contribution in [0.2, 0.25) is 0 Å². The molecule has 0 amide bonds. The molecule has 1 aromatic carbocycles. The van der Waals surface area contributed by atoms with Gasteiger partial charge in [-0.1, -0.05) is 24.3 Å². The monoisotopic (exact) mass is 175 g/mol. The first-order chi connectivity index (χ1) is 6.08. The van der Waals surface area contributed by atoms with E-state index in [4.69, 9.17) is 0 Å². The Hall–Kier alpha value is -1.24. The maximum Gasteiger partial charge on any atom is 0.0522 e. The number of para-hydroxylation sites is 1. The zero-order valence-electron chi connectivity index (χ0n) is 8.62. The molecule has 0 spiro atoms. The topological polar surface area (TPSA) is 3.24 Å². The largest absolute Gasteiger partial charge is 0.366 e. The van der Waals surface area contributed by atoms with Gasteiger partial charge < -0.3 is 4.90 Å². The maximum absolute atomic E-state index is 3.84. The fourth-order valence-corrected chi connectivity index (χ4v) is 1.12. The predicted octanol–water partition coefficient (Wildman–Crippen LogP) is 3.09. The zero-order valence-corrected chi connectivity index (χ0v) is 8.62. The first-order valence-corrected chi connectivity index (χ1v) is 4.50. The van der Waals surface area contributed by atoms with E-state index in [1.807, 2.05) is 24.3 Å². The Bertz CT molecular complexity index is 274. The van der Waals surface area contributed by atoms with Crippen molar-refractivity contribution in [2.75, 3.05) is 11.9 Å². The standard InChI is InChI=1S/C12H17N/c1-5-12(2,3)13(4)11-9-7-6-8-10-11/h5-10H,1H2,2-4H3. The summed E-state index contributed by atoms with van der Waals surface area (Å²) in [6, 6.07) is 10.3. The quantitative estimate of drug-likeness (QED) is 0.638. The van der Waals surface area contributed by atoms with E-state index in [0.717, 1.165) is 0 Å². The van der Waals surface area contributed by atoms with Gasteiger partial charge in [-0.3, -0.25) is 0 Å². The van der Waals surface area contributed by atoms with Gasteiger partial charge >= 0.3 is 0 Å². The summed E-state index contributed by atoms with van der Waals surface area (Å²) < 4.78 is 0. The molecule has 0 aliphatic carbocycles. The molecular weight excluding hydrogens is 158 g/mol. The van der Waals surface area contributed by atoms with Crippen LogP contribution >= 0.6 is 0 Å². The van der Waals surface area contributed by atoms with Gasteiger partial charge in [-0.2, -0.15) is 0 Å². The Labute approximate surface area is 80.7 Å². The minimum Gasteiger partial charge on any atom is -0.366 e. The molecule has 0 N–H and O–H groups in total. The Morgan fingerprint density at radius 1 is 1.23 bits per heavy atom. The van der Waals surface area contributed by atoms with Crippen LogP contribution in [-0.4, -0.2) is 12.6 Å². The fraction of sp³-hybridized carbons (Fsp3) is 0.333. The highest BCUT2D eigenvalue weighted by atomic mass is 15.2. The summed E-state index contributed by atoms with van der Waals surface area (Å²) in [6.07, 6.45) is 1.96. The van der Waals surface area contributed by atoms with Gasteiger partial charge in [0, 0.05) is 12.7 Å². The van der Waals surface area contributed by atoms with E-state index >= 15 is 0 Å². The highest BCUT2D eigenvalue weighted by Crippen LogP contribution is 2.21. The van der Waals surface area contributed by atoms with Crippen LogP contribution in [0.15, 0.2) is 43.0 Å². The minimum absolute atomic E-state index is 0.00134. The van der Waals surface area contributed by atoms with E-state index in [-0.39, 0.29) is 5.54 Å². The van der Waals surface area contributed by atoms with Gasteiger partial charge in [-0.25, -0.2) is 0 Å². The maximum atomic E-state index is 3.84. The van der Waals surface area contributed by atoms with Crippen molar-refractivity contribution < 1.29 is 0 Å². The van der Waals surface area contributed by atoms with Gasteiger partial charge in [0.05, 0.1) is 5.54 Å². The normalized spacial score (nSPS) is 11.0. The number of likely N-dealkylation sites (N-methyl/N-ethyl adjacent to an activating group) is 1. The molecule has 0 heterocycles. The molecule has 1 rings (SSSR count). The smallest absolute Gasteiger partial charge is 0.0522 e. The second kappa shape index (κ2) is 3.65. The molecule has 1 heteroatoms. The molecule has 0 atom stereocenters. The summed E-state index contributed by atoms with van der Waals surface area (Å²) in [4.78, 5) is 2.21. The minimum atomic E-state index is 0.00134. The average molecular weight is 175 g/mol. The summed E-state index contributed by atoms with van der Waals surface area (Å²) in [6.45, 7) is 8.13. The van der Waals surface area contributed by atoms with Gasteiger partial charge in [0.1, 0.15) is 0 Å². The first-order valence-electron chi connectivity index (χ1n) is 4.50. The van der Waals surface area contributed by atoms with Gasteiger partial charge in [0.2, 0.25) is 0 Å². The van der Waals surface area contributed by atoms with Crippen molar-refractivity contribution in [3.63, 3.8) is 0 Å². The Balaban J connectivity index is 2.91. The molecule has 0 saturated heterocycles. The molecule has 0 radical (unpaired) electrons. The van der Waals surface area contributed by atoms with E-state index in [2.05, 4.69) is 44.5 Å². The van der Waals surface area contributed by atoms with E-state index in [0.29, 0.717) is 0 Å². The van der Waals surface area contributed by atoms with Crippen molar-refractivity contribution in [1.82, 2.24) is 0 Å². The van der Waals surface area contributed by atoms with Crippen molar-refractivity contribution in [3.05, 3.63) is 43.0 Å². The lowest BCUT2D eigenvalue weighted by atomic mass is 10.0. The van der Waals surface area contributed by atoms with E-state index in [9.17, 15) is 0 Å². The van der Waals surface area contributed by atoms with Gasteiger partial charge in [-0.05, 0) is 26.0 Å². The van der Waals surface area contributed by atoms with E-state index < -0.39 is 0 Å². The third-order valence-corrected chi connectivity index (χ3v) is 2.51. The van der Waals surface area contributed by atoms with Crippen LogP contribution in [-0.2, 0) is 0 Å². The van der Waals surface area contributed by atoms with Crippen molar-refractivity contribution >= 4 is 5.69 Å². The van der Waals surface area contributed by atoms with Crippen LogP contribution in [0.4, 0.5) is 5.69 Å². The lowest BCUT2D eigenvalue weighted by Gasteiger charge is -2.34. The van der Waals surface area contributed by atoms with Crippen LogP contribution in [0.1, 0.15) is 13.8 Å². The predicted molar refractivity (Wildman–Crippen MR) is 59.1 cm³/mol. The fourth-order valence-electron chi connectivity index (χ4n) is 1.12. The van der Waals surface area contributed by atoms with Crippen molar-refractivity contribution in [1.29, 1.82) is 0 Å². The van der Waals surface area contributed by atoms with Crippen molar-refractivity contribution in [3.8, 4) is 0 Å². The second-order valence-corrected chi connectivity index (χ2v) is 3.75. The van der Waals surface area contributed by atoms with Crippen LogP contribution in [0.25, 0.3) is 0 Å². The lowest BCUT2D eigenvalue weighted by molar-refractivity contribution is 0.604. The molecular formula is C12H17N. The summed E-state index contributed by atoms with van der Waals surface area (Å²) in [5.74, 6) is 0. The number of hydrogen-bond acceptors (Lipinski definition) is 1. The molecule has 13 heavy (non-hydrogen) atoms. The molecule has 1 aromatic rings. The van der Waals surface area contributed by atoms with Crippen LogP contribution in [0.3, 0.4) is 0 Å². The Kier molecular flexibility index (Phi) is 2.76. The lowest BCUT2D eigenvalue weighted by Crippen LogP contribution is -2.38. The van der Waals surface area contributed by atoms with Gasteiger partial charge in [-0.15, -0.1) is 6.58 Å². The molecule has 0 fully saturated rings. The van der Waals surface area contributed by atoms with Crippen LogP contribution in [0, 0.1) is 0 Å². The number of rotatable bonds is 3. The molecule has 0 bridgehead atoms. The highest BCUT2D eigenvalue weighted by Gasteiger charge is 2.18. The molecule has 0 saturated carbocycles. The zero-order chi connectivity index (χ0) is 9.90. The number of benzene rings is 1.